The van der Waals surface area contributed by atoms with Gasteiger partial charge in [0, 0.05) is 21.4 Å². The number of rotatable bonds is 2. The molecule has 0 saturated carbocycles. The van der Waals surface area contributed by atoms with Gasteiger partial charge >= 0.3 is 0 Å². The van der Waals surface area contributed by atoms with E-state index in [1.54, 1.807) is 18.2 Å². The number of benzene rings is 3. The van der Waals surface area contributed by atoms with E-state index in [0.29, 0.717) is 26.4 Å². The molecule has 3 aromatic rings. The fourth-order valence-corrected chi connectivity index (χ4v) is 4.24. The highest BCUT2D eigenvalue weighted by atomic mass is 79.9. The second-order valence-electron chi connectivity index (χ2n) is 6.30. The predicted octanol–water partition coefficient (Wildman–Crippen LogP) is 5.19. The SMILES string of the molecule is COc1cc(C2C(C#N)=C(N)Oc3c2cc(Cl)c2ccccc32)cc(Br)c1O. The Kier molecular flexibility index (Phi) is 4.58. The van der Waals surface area contributed by atoms with Crippen molar-refractivity contribution in [2.45, 2.75) is 5.92 Å². The number of halogens is 2. The minimum atomic E-state index is -0.526. The Bertz CT molecular complexity index is 1200. The first-order chi connectivity index (χ1) is 13.5. The van der Waals surface area contributed by atoms with Crippen LogP contribution in [-0.2, 0) is 0 Å². The molecule has 28 heavy (non-hydrogen) atoms. The van der Waals surface area contributed by atoms with Crippen molar-refractivity contribution in [3.8, 4) is 23.3 Å². The van der Waals surface area contributed by atoms with Crippen LogP contribution in [0, 0.1) is 11.3 Å². The van der Waals surface area contributed by atoms with E-state index in [4.69, 9.17) is 26.8 Å². The molecule has 5 nitrogen and oxygen atoms in total. The zero-order valence-corrected chi connectivity index (χ0v) is 17.0. The Morgan fingerprint density at radius 2 is 1.96 bits per heavy atom. The minimum Gasteiger partial charge on any atom is -0.503 e. The van der Waals surface area contributed by atoms with Crippen LogP contribution < -0.4 is 15.2 Å². The largest absolute Gasteiger partial charge is 0.503 e. The van der Waals surface area contributed by atoms with Gasteiger partial charge in [0.1, 0.15) is 17.4 Å². The molecule has 1 aliphatic rings. The lowest BCUT2D eigenvalue weighted by molar-refractivity contribution is 0.370. The first-order valence-electron chi connectivity index (χ1n) is 8.31. The van der Waals surface area contributed by atoms with E-state index in [9.17, 15) is 10.4 Å². The Hall–Kier alpha value is -2.88. The van der Waals surface area contributed by atoms with Crippen LogP contribution in [0.3, 0.4) is 0 Å². The maximum Gasteiger partial charge on any atom is 0.205 e. The number of methoxy groups -OCH3 is 1. The van der Waals surface area contributed by atoms with Gasteiger partial charge in [0.25, 0.3) is 0 Å². The molecule has 0 aliphatic carbocycles. The average Bonchev–Trinajstić information content (AvgIpc) is 2.70. The summed E-state index contributed by atoms with van der Waals surface area (Å²) in [4.78, 5) is 0. The van der Waals surface area contributed by atoms with Crippen LogP contribution in [0.25, 0.3) is 10.8 Å². The number of phenols is 1. The van der Waals surface area contributed by atoms with Crippen molar-refractivity contribution in [1.29, 1.82) is 5.26 Å². The number of hydrogen-bond donors (Lipinski definition) is 2. The topological polar surface area (TPSA) is 88.5 Å². The summed E-state index contributed by atoms with van der Waals surface area (Å²) in [5.41, 5.74) is 7.79. The van der Waals surface area contributed by atoms with E-state index < -0.39 is 5.92 Å². The lowest BCUT2D eigenvalue weighted by atomic mass is 9.82. The van der Waals surface area contributed by atoms with Gasteiger partial charge in [-0.1, -0.05) is 35.9 Å². The fourth-order valence-electron chi connectivity index (χ4n) is 3.50. The molecule has 1 aliphatic heterocycles. The maximum absolute atomic E-state index is 10.2. The van der Waals surface area contributed by atoms with Gasteiger partial charge in [-0.2, -0.15) is 5.26 Å². The monoisotopic (exact) mass is 456 g/mol. The molecule has 0 fully saturated rings. The molecule has 3 aromatic carbocycles. The molecule has 7 heteroatoms. The van der Waals surface area contributed by atoms with Crippen LogP contribution in [0.4, 0.5) is 0 Å². The summed E-state index contributed by atoms with van der Waals surface area (Å²) in [5, 5.41) is 22.1. The Balaban J connectivity index is 2.06. The van der Waals surface area contributed by atoms with E-state index in [1.165, 1.54) is 7.11 Å². The molecule has 4 rings (SSSR count). The Morgan fingerprint density at radius 3 is 2.64 bits per heavy atom. The summed E-state index contributed by atoms with van der Waals surface area (Å²) in [5.74, 6) is 0.327. The average molecular weight is 458 g/mol. The van der Waals surface area contributed by atoms with Gasteiger partial charge < -0.3 is 20.3 Å². The molecular weight excluding hydrogens is 444 g/mol. The fraction of sp³-hybridized carbons (Fsp3) is 0.0952. The summed E-state index contributed by atoms with van der Waals surface area (Å²) < 4.78 is 11.6. The number of allylic oxidation sites excluding steroid dienone is 1. The van der Waals surface area contributed by atoms with Crippen LogP contribution in [0.2, 0.25) is 5.02 Å². The van der Waals surface area contributed by atoms with Crippen molar-refractivity contribution in [1.82, 2.24) is 0 Å². The number of nitrogens with zero attached hydrogens (tertiary/aromatic N) is 1. The van der Waals surface area contributed by atoms with Crippen LogP contribution >= 0.6 is 27.5 Å². The van der Waals surface area contributed by atoms with Crippen molar-refractivity contribution >= 4 is 38.3 Å². The predicted molar refractivity (Wildman–Crippen MR) is 111 cm³/mol. The van der Waals surface area contributed by atoms with Crippen LogP contribution in [0.1, 0.15) is 17.0 Å². The first-order valence-corrected chi connectivity index (χ1v) is 9.48. The highest BCUT2D eigenvalue weighted by molar-refractivity contribution is 9.10. The van der Waals surface area contributed by atoms with Gasteiger partial charge in [-0.15, -0.1) is 0 Å². The normalized spacial score (nSPS) is 15.7. The van der Waals surface area contributed by atoms with Crippen molar-refractivity contribution in [2.24, 2.45) is 5.73 Å². The van der Waals surface area contributed by atoms with E-state index in [-0.39, 0.29) is 23.0 Å². The van der Waals surface area contributed by atoms with Crippen molar-refractivity contribution < 1.29 is 14.6 Å². The second kappa shape index (κ2) is 6.93. The number of aromatic hydroxyl groups is 1. The lowest BCUT2D eigenvalue weighted by Gasteiger charge is -2.28. The molecule has 0 bridgehead atoms. The number of hydrogen-bond acceptors (Lipinski definition) is 5. The molecule has 0 radical (unpaired) electrons. The number of ether oxygens (including phenoxy) is 2. The molecule has 0 saturated heterocycles. The number of nitrogens with two attached hydrogens (primary N) is 1. The van der Waals surface area contributed by atoms with Gasteiger partial charge in [0.2, 0.25) is 5.88 Å². The number of phenolic OH excluding ortho intramolecular Hbond substituents is 1. The number of nitriles is 1. The van der Waals surface area contributed by atoms with E-state index in [0.717, 1.165) is 10.8 Å². The third-order valence-corrected chi connectivity index (χ3v) is 5.69. The van der Waals surface area contributed by atoms with Gasteiger partial charge in [-0.3, -0.25) is 0 Å². The minimum absolute atomic E-state index is 0.0227. The molecule has 1 unspecified atom stereocenters. The van der Waals surface area contributed by atoms with Crippen molar-refractivity contribution in [3.63, 3.8) is 0 Å². The molecule has 0 amide bonds. The molecule has 140 valence electrons. The Labute approximate surface area is 174 Å². The Morgan fingerprint density at radius 1 is 1.25 bits per heavy atom. The van der Waals surface area contributed by atoms with Gasteiger partial charge in [0.15, 0.2) is 11.5 Å². The first kappa shape index (κ1) is 18.5. The van der Waals surface area contributed by atoms with Crippen molar-refractivity contribution in [2.75, 3.05) is 7.11 Å². The zero-order valence-electron chi connectivity index (χ0n) is 14.7. The number of fused-ring (bicyclic) bond motifs is 3. The summed E-state index contributed by atoms with van der Waals surface area (Å²) in [6.45, 7) is 0. The van der Waals surface area contributed by atoms with E-state index in [2.05, 4.69) is 22.0 Å². The molecule has 3 N–H and O–H groups in total. The molecule has 0 spiro atoms. The summed E-state index contributed by atoms with van der Waals surface area (Å²) in [6.07, 6.45) is 0. The van der Waals surface area contributed by atoms with Crippen LogP contribution in [0.15, 0.2) is 58.4 Å². The zero-order chi connectivity index (χ0) is 20.0. The highest BCUT2D eigenvalue weighted by Gasteiger charge is 2.33. The smallest absolute Gasteiger partial charge is 0.205 e. The maximum atomic E-state index is 10.2. The van der Waals surface area contributed by atoms with Gasteiger partial charge in [-0.05, 0) is 39.7 Å². The van der Waals surface area contributed by atoms with Crippen LogP contribution in [0.5, 0.6) is 17.2 Å². The highest BCUT2D eigenvalue weighted by Crippen LogP contribution is 2.49. The van der Waals surface area contributed by atoms with E-state index >= 15 is 0 Å². The van der Waals surface area contributed by atoms with Gasteiger partial charge in [0.05, 0.1) is 17.5 Å². The molecule has 1 heterocycles. The third kappa shape index (κ3) is 2.75. The van der Waals surface area contributed by atoms with Crippen molar-refractivity contribution in [3.05, 3.63) is 74.5 Å². The second-order valence-corrected chi connectivity index (χ2v) is 7.56. The summed E-state index contributed by atoms with van der Waals surface area (Å²) >= 11 is 9.87. The quantitative estimate of drug-likeness (QED) is 0.553. The third-order valence-electron chi connectivity index (χ3n) is 4.78. The molecule has 1 atom stereocenters. The molecular formula is C21H14BrClN2O3. The summed E-state index contributed by atoms with van der Waals surface area (Å²) in [6, 6.07) is 14.9. The standard InChI is InChI=1S/C21H14BrClN2O3/c1-27-17-7-10(6-15(22)19(17)26)18-13-8-16(23)11-4-2-3-5-12(11)20(13)28-21(25)14(18)9-24/h2-8,18,26H,25H2,1H3. The van der Waals surface area contributed by atoms with E-state index in [1.807, 2.05) is 24.3 Å². The lowest BCUT2D eigenvalue weighted by Crippen LogP contribution is -2.21. The van der Waals surface area contributed by atoms with Gasteiger partial charge in [-0.25, -0.2) is 0 Å². The summed E-state index contributed by atoms with van der Waals surface area (Å²) in [7, 11) is 1.46. The van der Waals surface area contributed by atoms with Crippen LogP contribution in [-0.4, -0.2) is 12.2 Å². The molecule has 0 aromatic heterocycles.